The van der Waals surface area contributed by atoms with Crippen molar-refractivity contribution in [3.05, 3.63) is 30.9 Å². The molecule has 0 unspecified atom stereocenters. The molecule has 30 heavy (non-hydrogen) atoms. The Morgan fingerprint density at radius 2 is 1.87 bits per heavy atom. The fourth-order valence-electron chi connectivity index (χ4n) is 3.67. The highest BCUT2D eigenvalue weighted by Gasteiger charge is 2.19. The molecule has 0 saturated carbocycles. The standard InChI is InChI=1S/C22H32N6O2/c1-14(2)19(15(3)4)12-27-8-7-17-9-23-22(26-21(17)27)25-18-10-24-28(11-18)13-20(29)30-16(5)6/h7-11,14-16,19H,12-13H2,1-6H3,(H,23,25,26). The number of anilines is 2. The van der Waals surface area contributed by atoms with Crippen LogP contribution in [-0.4, -0.2) is 36.4 Å². The van der Waals surface area contributed by atoms with Gasteiger partial charge >= 0.3 is 5.97 Å². The first kappa shape index (κ1) is 21.8. The summed E-state index contributed by atoms with van der Waals surface area (Å²) in [7, 11) is 0. The third-order valence-corrected chi connectivity index (χ3v) is 5.17. The number of hydrogen-bond acceptors (Lipinski definition) is 6. The average Bonchev–Trinajstić information content (AvgIpc) is 3.25. The van der Waals surface area contributed by atoms with Crippen molar-refractivity contribution in [3.63, 3.8) is 0 Å². The summed E-state index contributed by atoms with van der Waals surface area (Å²) in [6.45, 7) is 13.7. The number of nitrogens with one attached hydrogen (secondary N) is 1. The number of hydrogen-bond donors (Lipinski definition) is 1. The van der Waals surface area contributed by atoms with Gasteiger partial charge in [0.1, 0.15) is 12.2 Å². The Hall–Kier alpha value is -2.90. The van der Waals surface area contributed by atoms with Crippen molar-refractivity contribution >= 4 is 28.6 Å². The Morgan fingerprint density at radius 1 is 1.13 bits per heavy atom. The molecule has 0 bridgehead atoms. The highest BCUT2D eigenvalue weighted by molar-refractivity contribution is 5.76. The summed E-state index contributed by atoms with van der Waals surface area (Å²) in [5, 5.41) is 8.39. The molecule has 0 fully saturated rings. The minimum absolute atomic E-state index is 0.0639. The first-order valence-corrected chi connectivity index (χ1v) is 10.5. The molecule has 0 aromatic carbocycles. The average molecular weight is 413 g/mol. The van der Waals surface area contributed by atoms with Crippen LogP contribution in [0.25, 0.3) is 11.0 Å². The van der Waals surface area contributed by atoms with Crippen LogP contribution in [0.3, 0.4) is 0 Å². The van der Waals surface area contributed by atoms with Crippen LogP contribution in [0.5, 0.6) is 0 Å². The summed E-state index contributed by atoms with van der Waals surface area (Å²) >= 11 is 0. The van der Waals surface area contributed by atoms with Crippen molar-refractivity contribution in [2.24, 2.45) is 17.8 Å². The predicted molar refractivity (Wildman–Crippen MR) is 117 cm³/mol. The Labute approximate surface area is 177 Å². The third-order valence-electron chi connectivity index (χ3n) is 5.17. The maximum absolute atomic E-state index is 11.8. The van der Waals surface area contributed by atoms with E-state index >= 15 is 0 Å². The second kappa shape index (κ2) is 9.28. The molecule has 3 aromatic rings. The normalized spacial score (nSPS) is 11.9. The van der Waals surface area contributed by atoms with E-state index in [1.807, 2.05) is 20.0 Å². The van der Waals surface area contributed by atoms with Crippen molar-refractivity contribution in [2.45, 2.75) is 60.7 Å². The van der Waals surface area contributed by atoms with Crippen molar-refractivity contribution in [3.8, 4) is 0 Å². The van der Waals surface area contributed by atoms with Crippen LogP contribution in [0.4, 0.5) is 11.6 Å². The molecule has 0 aliphatic heterocycles. The molecule has 3 aromatic heterocycles. The summed E-state index contributed by atoms with van der Waals surface area (Å²) in [6, 6.07) is 2.05. The quantitative estimate of drug-likeness (QED) is 0.529. The number of esters is 1. The SMILES string of the molecule is CC(C)OC(=O)Cn1cc(Nc2ncc3ccn(CC(C(C)C)C(C)C)c3n2)cn1. The van der Waals surface area contributed by atoms with E-state index in [0.29, 0.717) is 29.4 Å². The number of carbonyl (C=O) groups is 1. The van der Waals surface area contributed by atoms with E-state index in [0.717, 1.165) is 17.6 Å². The van der Waals surface area contributed by atoms with Gasteiger partial charge in [0.2, 0.25) is 5.95 Å². The number of rotatable bonds is 9. The van der Waals surface area contributed by atoms with Gasteiger partial charge in [0.25, 0.3) is 0 Å². The molecule has 3 rings (SSSR count). The fraction of sp³-hybridized carbons (Fsp3) is 0.545. The molecule has 0 aliphatic carbocycles. The Morgan fingerprint density at radius 3 is 2.53 bits per heavy atom. The molecule has 1 N–H and O–H groups in total. The molecule has 162 valence electrons. The second-order valence-electron chi connectivity index (χ2n) is 8.68. The van der Waals surface area contributed by atoms with Gasteiger partial charge < -0.3 is 14.6 Å². The summed E-state index contributed by atoms with van der Waals surface area (Å²) in [6.07, 6.45) is 7.14. The Bertz CT molecular complexity index is 981. The lowest BCUT2D eigenvalue weighted by molar-refractivity contribution is -0.148. The Kier molecular flexibility index (Phi) is 6.74. The minimum atomic E-state index is -0.319. The van der Waals surface area contributed by atoms with E-state index in [-0.39, 0.29) is 18.6 Å². The van der Waals surface area contributed by atoms with Gasteiger partial charge in [0.15, 0.2) is 0 Å². The molecule has 0 atom stereocenters. The van der Waals surface area contributed by atoms with Crippen LogP contribution in [0.1, 0.15) is 41.5 Å². The zero-order valence-electron chi connectivity index (χ0n) is 18.7. The summed E-state index contributed by atoms with van der Waals surface area (Å²) in [5.41, 5.74) is 1.62. The van der Waals surface area contributed by atoms with Gasteiger partial charge in [-0.1, -0.05) is 27.7 Å². The first-order valence-electron chi connectivity index (χ1n) is 10.5. The minimum Gasteiger partial charge on any atom is -0.462 e. The lowest BCUT2D eigenvalue weighted by atomic mass is 9.85. The maximum Gasteiger partial charge on any atom is 0.328 e. The van der Waals surface area contributed by atoms with Gasteiger partial charge in [-0.2, -0.15) is 10.1 Å². The maximum atomic E-state index is 11.8. The molecule has 0 saturated heterocycles. The van der Waals surface area contributed by atoms with Gasteiger partial charge in [-0.15, -0.1) is 0 Å². The van der Waals surface area contributed by atoms with Crippen molar-refractivity contribution in [1.82, 2.24) is 24.3 Å². The van der Waals surface area contributed by atoms with Crippen LogP contribution < -0.4 is 5.32 Å². The van der Waals surface area contributed by atoms with Crippen LogP contribution in [0.2, 0.25) is 0 Å². The van der Waals surface area contributed by atoms with Gasteiger partial charge in [0, 0.05) is 30.5 Å². The zero-order chi connectivity index (χ0) is 21.8. The Balaban J connectivity index is 1.74. The number of ether oxygens (including phenoxy) is 1. The van der Waals surface area contributed by atoms with E-state index in [1.54, 1.807) is 12.4 Å². The molecule has 8 heteroatoms. The smallest absolute Gasteiger partial charge is 0.328 e. The molecule has 0 aliphatic rings. The summed E-state index contributed by atoms with van der Waals surface area (Å²) in [4.78, 5) is 20.9. The summed E-state index contributed by atoms with van der Waals surface area (Å²) < 4.78 is 8.89. The van der Waals surface area contributed by atoms with E-state index < -0.39 is 0 Å². The van der Waals surface area contributed by atoms with Crippen LogP contribution in [-0.2, 0) is 22.6 Å². The lowest BCUT2D eigenvalue weighted by Gasteiger charge is -2.25. The highest BCUT2D eigenvalue weighted by atomic mass is 16.5. The van der Waals surface area contributed by atoms with E-state index in [2.05, 4.69) is 59.9 Å². The van der Waals surface area contributed by atoms with Gasteiger partial charge in [-0.05, 0) is 37.7 Å². The van der Waals surface area contributed by atoms with E-state index in [4.69, 9.17) is 9.72 Å². The van der Waals surface area contributed by atoms with Crippen molar-refractivity contribution in [2.75, 3.05) is 5.32 Å². The summed E-state index contributed by atoms with van der Waals surface area (Å²) in [5.74, 6) is 1.93. The van der Waals surface area contributed by atoms with E-state index in [1.165, 1.54) is 4.68 Å². The number of aromatic nitrogens is 5. The fourth-order valence-corrected chi connectivity index (χ4v) is 3.67. The van der Waals surface area contributed by atoms with E-state index in [9.17, 15) is 4.79 Å². The molecular formula is C22H32N6O2. The molecule has 3 heterocycles. The van der Waals surface area contributed by atoms with Gasteiger partial charge in [-0.25, -0.2) is 4.98 Å². The molecule has 0 radical (unpaired) electrons. The third kappa shape index (κ3) is 5.37. The predicted octanol–water partition coefficient (Wildman–Crippen LogP) is 4.25. The molecule has 0 spiro atoms. The van der Waals surface area contributed by atoms with Gasteiger partial charge in [-0.3, -0.25) is 9.48 Å². The number of nitrogens with zero attached hydrogens (tertiary/aromatic N) is 5. The van der Waals surface area contributed by atoms with Crippen molar-refractivity contribution in [1.29, 1.82) is 0 Å². The monoisotopic (exact) mass is 412 g/mol. The highest BCUT2D eigenvalue weighted by Crippen LogP contribution is 2.25. The lowest BCUT2D eigenvalue weighted by Crippen LogP contribution is -2.21. The van der Waals surface area contributed by atoms with Crippen LogP contribution in [0, 0.1) is 17.8 Å². The molecule has 8 nitrogen and oxygen atoms in total. The zero-order valence-corrected chi connectivity index (χ0v) is 18.7. The number of carbonyl (C=O) groups excluding carboxylic acids is 1. The first-order chi connectivity index (χ1) is 14.2. The van der Waals surface area contributed by atoms with Gasteiger partial charge in [0.05, 0.1) is 18.0 Å². The van der Waals surface area contributed by atoms with Crippen molar-refractivity contribution < 1.29 is 9.53 Å². The topological polar surface area (TPSA) is 86.9 Å². The molecule has 0 amide bonds. The van der Waals surface area contributed by atoms with Crippen LogP contribution in [0.15, 0.2) is 30.9 Å². The molecular weight excluding hydrogens is 380 g/mol. The largest absolute Gasteiger partial charge is 0.462 e. The van der Waals surface area contributed by atoms with Crippen LogP contribution >= 0.6 is 0 Å². The second-order valence-corrected chi connectivity index (χ2v) is 8.68. The number of fused-ring (bicyclic) bond motifs is 1.